The summed E-state index contributed by atoms with van der Waals surface area (Å²) in [5.74, 6) is -0.138. The molecule has 1 fully saturated rings. The molecule has 0 saturated carbocycles. The number of amides is 1. The summed E-state index contributed by atoms with van der Waals surface area (Å²) in [4.78, 5) is 15.0. The lowest BCUT2D eigenvalue weighted by atomic mass is 10.2. The van der Waals surface area contributed by atoms with Crippen LogP contribution in [0.15, 0.2) is 53.4 Å². The van der Waals surface area contributed by atoms with E-state index in [-0.39, 0.29) is 17.3 Å². The Balaban J connectivity index is 1.97. The molecule has 1 aliphatic rings. The van der Waals surface area contributed by atoms with E-state index in [0.717, 1.165) is 36.8 Å². The van der Waals surface area contributed by atoms with E-state index in [1.165, 1.54) is 4.31 Å². The van der Waals surface area contributed by atoms with Crippen molar-refractivity contribution in [2.45, 2.75) is 44.4 Å². The van der Waals surface area contributed by atoms with Crippen LogP contribution < -0.4 is 4.31 Å². The van der Waals surface area contributed by atoms with Crippen molar-refractivity contribution in [3.05, 3.63) is 59.7 Å². The Morgan fingerprint density at radius 3 is 2.14 bits per heavy atom. The maximum Gasteiger partial charge on any atom is 0.264 e. The summed E-state index contributed by atoms with van der Waals surface area (Å²) in [7, 11) is -3.85. The number of hydrogen-bond donors (Lipinski definition) is 0. The number of benzene rings is 2. The topological polar surface area (TPSA) is 57.7 Å². The molecule has 2 aromatic rings. The Bertz CT molecular complexity index is 915. The largest absolute Gasteiger partial charge is 0.341 e. The van der Waals surface area contributed by atoms with E-state index in [9.17, 15) is 13.2 Å². The standard InChI is InChI=1S/C22H28N2O3S/c1-18-11-13-20(14-12-18)28(26,27)24(21-10-6-5-9-19(21)2)17-22(25)23-15-7-3-4-8-16-23/h5-6,9-14H,3-4,7-8,15-17H2,1-2H3. The third-order valence-electron chi connectivity index (χ3n) is 5.23. The van der Waals surface area contributed by atoms with Gasteiger partial charge in [0.05, 0.1) is 10.6 Å². The molecule has 1 aliphatic heterocycles. The molecule has 0 bridgehead atoms. The lowest BCUT2D eigenvalue weighted by Crippen LogP contribution is -2.43. The zero-order valence-electron chi connectivity index (χ0n) is 16.6. The van der Waals surface area contributed by atoms with E-state index in [2.05, 4.69) is 0 Å². The fourth-order valence-corrected chi connectivity index (χ4v) is 5.00. The molecule has 1 heterocycles. The van der Waals surface area contributed by atoms with E-state index in [4.69, 9.17) is 0 Å². The number of aryl methyl sites for hydroxylation is 2. The summed E-state index contributed by atoms with van der Waals surface area (Å²) >= 11 is 0. The second-order valence-corrected chi connectivity index (χ2v) is 9.27. The summed E-state index contributed by atoms with van der Waals surface area (Å²) < 4.78 is 28.1. The highest BCUT2D eigenvalue weighted by Gasteiger charge is 2.30. The van der Waals surface area contributed by atoms with Gasteiger partial charge in [0.2, 0.25) is 5.91 Å². The van der Waals surface area contributed by atoms with Crippen molar-refractivity contribution in [3.63, 3.8) is 0 Å². The second-order valence-electron chi connectivity index (χ2n) is 7.41. The number of likely N-dealkylation sites (tertiary alicyclic amines) is 1. The Morgan fingerprint density at radius 1 is 0.929 bits per heavy atom. The molecule has 150 valence electrons. The van der Waals surface area contributed by atoms with Crippen LogP contribution in [0.1, 0.15) is 36.8 Å². The fourth-order valence-electron chi connectivity index (χ4n) is 3.52. The normalized spacial score (nSPS) is 15.1. The van der Waals surface area contributed by atoms with Gasteiger partial charge in [0.25, 0.3) is 10.0 Å². The zero-order chi connectivity index (χ0) is 20.1. The molecule has 0 radical (unpaired) electrons. The SMILES string of the molecule is Cc1ccc(S(=O)(=O)N(CC(=O)N2CCCCCC2)c2ccccc2C)cc1. The third kappa shape index (κ3) is 4.55. The number of sulfonamides is 1. The molecule has 2 aromatic carbocycles. The molecule has 0 N–H and O–H groups in total. The van der Waals surface area contributed by atoms with E-state index in [1.807, 2.05) is 30.9 Å². The Labute approximate surface area is 168 Å². The number of nitrogens with zero attached hydrogens (tertiary/aromatic N) is 2. The molecule has 1 amide bonds. The molecule has 3 rings (SSSR count). The van der Waals surface area contributed by atoms with Crippen molar-refractivity contribution < 1.29 is 13.2 Å². The molecule has 28 heavy (non-hydrogen) atoms. The van der Waals surface area contributed by atoms with Crippen molar-refractivity contribution in [2.24, 2.45) is 0 Å². The van der Waals surface area contributed by atoms with Crippen molar-refractivity contribution in [2.75, 3.05) is 23.9 Å². The van der Waals surface area contributed by atoms with Gasteiger partial charge in [-0.05, 0) is 50.5 Å². The lowest BCUT2D eigenvalue weighted by molar-refractivity contribution is -0.129. The highest BCUT2D eigenvalue weighted by Crippen LogP contribution is 2.27. The fraction of sp³-hybridized carbons (Fsp3) is 0.409. The average Bonchev–Trinajstić information content (AvgIpc) is 2.96. The zero-order valence-corrected chi connectivity index (χ0v) is 17.4. The van der Waals surface area contributed by atoms with Crippen LogP contribution in [0.3, 0.4) is 0 Å². The minimum Gasteiger partial charge on any atom is -0.341 e. The number of rotatable bonds is 5. The molecule has 5 nitrogen and oxygen atoms in total. The van der Waals surface area contributed by atoms with Gasteiger partial charge in [-0.1, -0.05) is 48.7 Å². The molecule has 0 spiro atoms. The summed E-state index contributed by atoms with van der Waals surface area (Å²) in [5, 5.41) is 0. The first-order chi connectivity index (χ1) is 13.4. The van der Waals surface area contributed by atoms with E-state index in [0.29, 0.717) is 18.8 Å². The smallest absolute Gasteiger partial charge is 0.264 e. The van der Waals surface area contributed by atoms with Crippen LogP contribution in [0.5, 0.6) is 0 Å². The first-order valence-electron chi connectivity index (χ1n) is 9.82. The van der Waals surface area contributed by atoms with E-state index >= 15 is 0 Å². The second kappa shape index (κ2) is 8.78. The van der Waals surface area contributed by atoms with Gasteiger partial charge < -0.3 is 4.90 Å². The summed E-state index contributed by atoms with van der Waals surface area (Å²) in [6.07, 6.45) is 4.18. The molecule has 1 saturated heterocycles. The van der Waals surface area contributed by atoms with Crippen LogP contribution in [0.4, 0.5) is 5.69 Å². The van der Waals surface area contributed by atoms with Gasteiger partial charge in [-0.3, -0.25) is 9.10 Å². The summed E-state index contributed by atoms with van der Waals surface area (Å²) in [5.41, 5.74) is 2.36. The maximum atomic E-state index is 13.4. The maximum absolute atomic E-state index is 13.4. The van der Waals surface area contributed by atoms with Crippen LogP contribution in [-0.4, -0.2) is 38.9 Å². The van der Waals surface area contributed by atoms with Gasteiger partial charge in [-0.2, -0.15) is 0 Å². The van der Waals surface area contributed by atoms with E-state index < -0.39 is 10.0 Å². The molecular weight excluding hydrogens is 372 g/mol. The van der Waals surface area contributed by atoms with Crippen LogP contribution in [0.25, 0.3) is 0 Å². The van der Waals surface area contributed by atoms with Gasteiger partial charge >= 0.3 is 0 Å². The predicted molar refractivity (Wildman–Crippen MR) is 112 cm³/mol. The number of hydrogen-bond acceptors (Lipinski definition) is 3. The monoisotopic (exact) mass is 400 g/mol. The average molecular weight is 401 g/mol. The highest BCUT2D eigenvalue weighted by molar-refractivity contribution is 7.92. The van der Waals surface area contributed by atoms with Gasteiger partial charge in [0, 0.05) is 13.1 Å². The van der Waals surface area contributed by atoms with Crippen molar-refractivity contribution >= 4 is 21.6 Å². The predicted octanol–water partition coefficient (Wildman–Crippen LogP) is 3.90. The number of carbonyl (C=O) groups excluding carboxylic acids is 1. The van der Waals surface area contributed by atoms with Crippen molar-refractivity contribution in [1.29, 1.82) is 0 Å². The van der Waals surface area contributed by atoms with Gasteiger partial charge in [-0.15, -0.1) is 0 Å². The molecule has 0 unspecified atom stereocenters. The molecule has 0 aromatic heterocycles. The van der Waals surface area contributed by atoms with Gasteiger partial charge in [0.15, 0.2) is 0 Å². The number of para-hydroxylation sites is 1. The van der Waals surface area contributed by atoms with E-state index in [1.54, 1.807) is 36.4 Å². The Kier molecular flexibility index (Phi) is 6.39. The molecule has 6 heteroatoms. The van der Waals surface area contributed by atoms with Crippen molar-refractivity contribution in [3.8, 4) is 0 Å². The van der Waals surface area contributed by atoms with Crippen LogP contribution in [-0.2, 0) is 14.8 Å². The minimum absolute atomic E-state index is 0.138. The first-order valence-corrected chi connectivity index (χ1v) is 11.3. The Morgan fingerprint density at radius 2 is 1.54 bits per heavy atom. The van der Waals surface area contributed by atoms with Gasteiger partial charge in [0.1, 0.15) is 6.54 Å². The quantitative estimate of drug-likeness (QED) is 0.765. The van der Waals surface area contributed by atoms with Crippen LogP contribution >= 0.6 is 0 Å². The molecule has 0 atom stereocenters. The molecule has 0 aliphatic carbocycles. The number of anilines is 1. The third-order valence-corrected chi connectivity index (χ3v) is 7.00. The minimum atomic E-state index is -3.85. The van der Waals surface area contributed by atoms with Crippen LogP contribution in [0.2, 0.25) is 0 Å². The van der Waals surface area contributed by atoms with Crippen LogP contribution in [0, 0.1) is 13.8 Å². The number of carbonyl (C=O) groups is 1. The molecular formula is C22H28N2O3S. The van der Waals surface area contributed by atoms with Gasteiger partial charge in [-0.25, -0.2) is 8.42 Å². The van der Waals surface area contributed by atoms with Crippen molar-refractivity contribution in [1.82, 2.24) is 4.90 Å². The lowest BCUT2D eigenvalue weighted by Gasteiger charge is -2.29. The Hall–Kier alpha value is -2.34. The highest BCUT2D eigenvalue weighted by atomic mass is 32.2. The first kappa shape index (κ1) is 20.4. The summed E-state index contributed by atoms with van der Waals surface area (Å²) in [6.45, 7) is 5.00. The summed E-state index contributed by atoms with van der Waals surface area (Å²) in [6, 6.07) is 14.1.